The fourth-order valence-electron chi connectivity index (χ4n) is 2.64. The molecule has 2 aromatic carbocycles. The lowest BCUT2D eigenvalue weighted by Crippen LogP contribution is -2.41. The minimum Gasteiger partial charge on any atom is -0.348 e. The average molecular weight is 449 g/mol. The molecule has 29 heavy (non-hydrogen) atoms. The zero-order chi connectivity index (χ0) is 22.0. The molecule has 0 aliphatic carbocycles. The summed E-state index contributed by atoms with van der Waals surface area (Å²) >= 11 is 5.59. The summed E-state index contributed by atoms with van der Waals surface area (Å²) in [5.74, 6) is -0.660. The molecule has 0 radical (unpaired) electrons. The molecule has 0 saturated carbocycles. The number of nitrogens with one attached hydrogen (secondary N) is 1. The van der Waals surface area contributed by atoms with E-state index in [9.17, 15) is 26.4 Å². The third-order valence-corrected chi connectivity index (χ3v) is 5.66. The van der Waals surface area contributed by atoms with Gasteiger partial charge < -0.3 is 5.32 Å². The number of rotatable bonds is 6. The van der Waals surface area contributed by atoms with Crippen molar-refractivity contribution in [1.82, 2.24) is 5.32 Å². The van der Waals surface area contributed by atoms with Crippen LogP contribution in [0.1, 0.15) is 29.7 Å². The molecule has 0 aliphatic heterocycles. The summed E-state index contributed by atoms with van der Waals surface area (Å²) in [6.07, 6.45) is -3.95. The van der Waals surface area contributed by atoms with Crippen LogP contribution < -0.4 is 9.62 Å². The molecule has 158 valence electrons. The van der Waals surface area contributed by atoms with E-state index in [1.165, 1.54) is 0 Å². The highest BCUT2D eigenvalue weighted by Crippen LogP contribution is 2.37. The van der Waals surface area contributed by atoms with Gasteiger partial charge in [0.15, 0.2) is 0 Å². The van der Waals surface area contributed by atoms with Crippen molar-refractivity contribution in [3.63, 3.8) is 0 Å². The zero-order valence-electron chi connectivity index (χ0n) is 15.9. The highest BCUT2D eigenvalue weighted by Gasteiger charge is 2.34. The van der Waals surface area contributed by atoms with Gasteiger partial charge in [0.25, 0.3) is 0 Å². The first-order valence-electron chi connectivity index (χ1n) is 8.49. The second-order valence-electron chi connectivity index (χ2n) is 6.63. The predicted molar refractivity (Wildman–Crippen MR) is 106 cm³/mol. The SMILES string of the molecule is Cc1ccc([C@@H](C)NC(=O)CN(c2ccc(Cl)c(C(F)(F)F)c2)S(C)(=O)=O)cc1. The number of carbonyl (C=O) groups is 1. The van der Waals surface area contributed by atoms with Crippen LogP contribution in [0.2, 0.25) is 5.02 Å². The lowest BCUT2D eigenvalue weighted by atomic mass is 10.1. The fourth-order valence-corrected chi connectivity index (χ4v) is 3.71. The molecule has 0 fully saturated rings. The number of sulfonamides is 1. The number of hydrogen-bond acceptors (Lipinski definition) is 3. The van der Waals surface area contributed by atoms with Gasteiger partial charge in [0.1, 0.15) is 6.54 Å². The third kappa shape index (κ3) is 6.11. The molecule has 10 heteroatoms. The molecular weight excluding hydrogens is 429 g/mol. The normalized spacial score (nSPS) is 13.1. The molecule has 1 atom stereocenters. The van der Waals surface area contributed by atoms with Gasteiger partial charge in [-0.05, 0) is 37.6 Å². The minimum absolute atomic E-state index is 0.303. The van der Waals surface area contributed by atoms with E-state index in [4.69, 9.17) is 11.6 Å². The van der Waals surface area contributed by atoms with Gasteiger partial charge >= 0.3 is 6.18 Å². The van der Waals surface area contributed by atoms with Crippen LogP contribution in [0, 0.1) is 6.92 Å². The number of anilines is 1. The Morgan fingerprint density at radius 2 is 1.76 bits per heavy atom. The van der Waals surface area contributed by atoms with E-state index in [0.29, 0.717) is 10.4 Å². The summed E-state index contributed by atoms with van der Waals surface area (Å²) in [7, 11) is -4.03. The summed E-state index contributed by atoms with van der Waals surface area (Å²) in [5, 5.41) is 2.09. The lowest BCUT2D eigenvalue weighted by Gasteiger charge is -2.24. The first-order chi connectivity index (χ1) is 13.3. The third-order valence-electron chi connectivity index (χ3n) is 4.19. The fraction of sp³-hybridized carbons (Fsp3) is 0.316. The van der Waals surface area contributed by atoms with Gasteiger partial charge in [0, 0.05) is 0 Å². The molecule has 0 saturated heterocycles. The second kappa shape index (κ2) is 8.62. The number of nitrogens with zero attached hydrogens (tertiary/aromatic N) is 1. The van der Waals surface area contributed by atoms with Crippen molar-refractivity contribution in [3.05, 3.63) is 64.2 Å². The van der Waals surface area contributed by atoms with Gasteiger partial charge in [-0.25, -0.2) is 8.42 Å². The molecule has 0 aliphatic rings. The molecule has 0 heterocycles. The largest absolute Gasteiger partial charge is 0.417 e. The van der Waals surface area contributed by atoms with Crippen molar-refractivity contribution >= 4 is 33.2 Å². The summed E-state index contributed by atoms with van der Waals surface area (Å²) in [5.41, 5.74) is 0.362. The van der Waals surface area contributed by atoms with E-state index in [1.54, 1.807) is 6.92 Å². The number of aryl methyl sites for hydroxylation is 1. The van der Waals surface area contributed by atoms with Gasteiger partial charge in [0.2, 0.25) is 15.9 Å². The molecule has 2 aromatic rings. The second-order valence-corrected chi connectivity index (χ2v) is 8.95. The molecule has 0 aromatic heterocycles. The van der Waals surface area contributed by atoms with Crippen LogP contribution >= 0.6 is 11.6 Å². The molecule has 0 spiro atoms. The molecular formula is C19H20ClF3N2O3S. The number of benzene rings is 2. The van der Waals surface area contributed by atoms with Crippen LogP contribution in [0.25, 0.3) is 0 Å². The lowest BCUT2D eigenvalue weighted by molar-refractivity contribution is -0.137. The predicted octanol–water partition coefficient (Wildman–Crippen LogP) is 4.31. The van der Waals surface area contributed by atoms with Gasteiger partial charge in [-0.15, -0.1) is 0 Å². The number of hydrogen-bond donors (Lipinski definition) is 1. The number of alkyl halides is 3. The van der Waals surface area contributed by atoms with Crippen molar-refractivity contribution in [2.75, 3.05) is 17.1 Å². The van der Waals surface area contributed by atoms with Crippen molar-refractivity contribution in [2.24, 2.45) is 0 Å². The Morgan fingerprint density at radius 1 is 1.17 bits per heavy atom. The standard InChI is InChI=1S/C19H20ClF3N2O3S/c1-12-4-6-14(7-5-12)13(2)24-18(26)11-25(29(3,27)28)15-8-9-17(20)16(10-15)19(21,22)23/h4-10,13H,11H2,1-3H3,(H,24,26)/t13-/m1/s1. The van der Waals surface area contributed by atoms with Crippen molar-refractivity contribution < 1.29 is 26.4 Å². The summed E-state index contributed by atoms with van der Waals surface area (Å²) < 4.78 is 64.2. The van der Waals surface area contributed by atoms with Crippen molar-refractivity contribution in [2.45, 2.75) is 26.1 Å². The summed E-state index contributed by atoms with van der Waals surface area (Å²) in [6.45, 7) is 2.96. The van der Waals surface area contributed by atoms with E-state index in [-0.39, 0.29) is 5.69 Å². The Morgan fingerprint density at radius 3 is 2.28 bits per heavy atom. The van der Waals surface area contributed by atoms with Crippen molar-refractivity contribution in [3.8, 4) is 0 Å². The van der Waals surface area contributed by atoms with Gasteiger partial charge in [-0.2, -0.15) is 13.2 Å². The zero-order valence-corrected chi connectivity index (χ0v) is 17.5. The van der Waals surface area contributed by atoms with Crippen LogP contribution in [0.3, 0.4) is 0 Å². The number of carbonyl (C=O) groups excluding carboxylic acids is 1. The monoisotopic (exact) mass is 448 g/mol. The van der Waals surface area contributed by atoms with Gasteiger partial charge in [-0.1, -0.05) is 41.4 Å². The maximum absolute atomic E-state index is 13.1. The molecule has 0 unspecified atom stereocenters. The molecule has 2 rings (SSSR count). The van der Waals surface area contributed by atoms with Gasteiger partial charge in [-0.3, -0.25) is 9.10 Å². The Hall–Kier alpha value is -2.26. The highest BCUT2D eigenvalue weighted by atomic mass is 35.5. The Bertz CT molecular complexity index is 993. The maximum Gasteiger partial charge on any atom is 0.417 e. The van der Waals surface area contributed by atoms with E-state index in [0.717, 1.165) is 29.5 Å². The molecule has 1 N–H and O–H groups in total. The summed E-state index contributed by atoms with van der Waals surface area (Å²) in [4.78, 5) is 12.4. The van der Waals surface area contributed by atoms with E-state index in [2.05, 4.69) is 5.32 Å². The van der Waals surface area contributed by atoms with Gasteiger partial charge in [0.05, 0.1) is 28.6 Å². The smallest absolute Gasteiger partial charge is 0.348 e. The highest BCUT2D eigenvalue weighted by molar-refractivity contribution is 7.92. The van der Waals surface area contributed by atoms with Crippen LogP contribution in [-0.2, 0) is 21.0 Å². The Labute approximate surface area is 172 Å². The molecule has 5 nitrogen and oxygen atoms in total. The minimum atomic E-state index is -4.77. The first-order valence-corrected chi connectivity index (χ1v) is 10.7. The quantitative estimate of drug-likeness (QED) is 0.716. The van der Waals surface area contributed by atoms with E-state index >= 15 is 0 Å². The van der Waals surface area contributed by atoms with E-state index in [1.807, 2.05) is 31.2 Å². The van der Waals surface area contributed by atoms with Crippen LogP contribution in [0.4, 0.5) is 18.9 Å². The van der Waals surface area contributed by atoms with E-state index < -0.39 is 45.3 Å². The topological polar surface area (TPSA) is 66.5 Å². The van der Waals surface area contributed by atoms with Crippen molar-refractivity contribution in [1.29, 1.82) is 0 Å². The molecule has 1 amide bonds. The average Bonchev–Trinajstić information content (AvgIpc) is 2.59. The first kappa shape index (κ1) is 23.0. The van der Waals surface area contributed by atoms with Crippen LogP contribution in [-0.4, -0.2) is 27.1 Å². The number of amides is 1. The molecule has 0 bridgehead atoms. The van der Waals surface area contributed by atoms with Crippen LogP contribution in [0.15, 0.2) is 42.5 Å². The Kier molecular flexibility index (Phi) is 6.85. The van der Waals surface area contributed by atoms with Crippen LogP contribution in [0.5, 0.6) is 0 Å². The number of halogens is 4. The maximum atomic E-state index is 13.1. The summed E-state index contributed by atoms with van der Waals surface area (Å²) in [6, 6.07) is 9.65. The Balaban J connectivity index is 2.26.